The first kappa shape index (κ1) is 17.3. The van der Waals surface area contributed by atoms with E-state index in [1.54, 1.807) is 0 Å². The Hall–Kier alpha value is -0.750. The van der Waals surface area contributed by atoms with Crippen LogP contribution in [0.25, 0.3) is 0 Å². The molecule has 0 unspecified atom stereocenters. The number of nitrogens with zero attached hydrogens (tertiary/aromatic N) is 1. The van der Waals surface area contributed by atoms with Crippen molar-refractivity contribution in [2.75, 3.05) is 19.7 Å². The number of aliphatic hydroxyl groups is 2. The summed E-state index contributed by atoms with van der Waals surface area (Å²) in [5, 5.41) is 21.6. The van der Waals surface area contributed by atoms with Crippen LogP contribution in [0, 0.1) is 0 Å². The minimum atomic E-state index is -1.51. The molecule has 0 radical (unpaired) electrons. The molecule has 0 saturated carbocycles. The predicted molar refractivity (Wildman–Crippen MR) is 77.5 cm³/mol. The first-order valence-electron chi connectivity index (χ1n) is 6.91. The zero-order valence-corrected chi connectivity index (χ0v) is 12.6. The highest BCUT2D eigenvalue weighted by atomic mass is 35.5. The van der Waals surface area contributed by atoms with Crippen LogP contribution in [0.4, 0.5) is 4.39 Å². The molecule has 1 saturated heterocycles. The summed E-state index contributed by atoms with van der Waals surface area (Å²) >= 11 is 6.04. The average Bonchev–Trinajstić information content (AvgIpc) is 2.49. The smallest absolute Gasteiger partial charge is 0.156 e. The molecule has 2 rings (SSSR count). The maximum atomic E-state index is 14.7. The Bertz CT molecular complexity index is 426. The van der Waals surface area contributed by atoms with Crippen LogP contribution in [0.5, 0.6) is 0 Å². The van der Waals surface area contributed by atoms with Gasteiger partial charge in [-0.15, -0.1) is 0 Å². The van der Waals surface area contributed by atoms with Gasteiger partial charge in [-0.3, -0.25) is 4.98 Å². The van der Waals surface area contributed by atoms with Crippen molar-refractivity contribution in [2.24, 2.45) is 0 Å². The fourth-order valence-electron chi connectivity index (χ4n) is 2.13. The van der Waals surface area contributed by atoms with Crippen LogP contribution in [0.15, 0.2) is 12.3 Å². The quantitative estimate of drug-likeness (QED) is 0.802. The summed E-state index contributed by atoms with van der Waals surface area (Å²) in [6.45, 7) is 4.77. The van der Waals surface area contributed by atoms with E-state index in [2.05, 4.69) is 10.3 Å². The van der Waals surface area contributed by atoms with Gasteiger partial charge >= 0.3 is 0 Å². The number of halogens is 2. The zero-order chi connectivity index (χ0) is 15.2. The third kappa shape index (κ3) is 3.88. The molecule has 1 aliphatic heterocycles. The van der Waals surface area contributed by atoms with E-state index in [4.69, 9.17) is 16.7 Å². The fourth-order valence-corrected chi connectivity index (χ4v) is 2.47. The lowest BCUT2D eigenvalue weighted by Gasteiger charge is -2.30. The van der Waals surface area contributed by atoms with Crippen LogP contribution in [-0.4, -0.2) is 34.9 Å². The molecule has 1 aliphatic rings. The van der Waals surface area contributed by atoms with Gasteiger partial charge in [0.2, 0.25) is 0 Å². The molecule has 1 aromatic rings. The summed E-state index contributed by atoms with van der Waals surface area (Å²) in [6, 6.07) is 1.47. The molecule has 1 atom stereocenters. The van der Waals surface area contributed by atoms with Gasteiger partial charge in [-0.1, -0.05) is 25.4 Å². The van der Waals surface area contributed by atoms with Crippen molar-refractivity contribution in [2.45, 2.75) is 38.5 Å². The van der Waals surface area contributed by atoms with Crippen LogP contribution in [0.1, 0.15) is 44.1 Å². The van der Waals surface area contributed by atoms with Crippen molar-refractivity contribution >= 4 is 11.6 Å². The van der Waals surface area contributed by atoms with Gasteiger partial charge in [0.1, 0.15) is 6.10 Å². The highest BCUT2D eigenvalue weighted by Gasteiger charge is 2.37. The Labute approximate surface area is 124 Å². The Morgan fingerprint density at radius 1 is 1.45 bits per heavy atom. The van der Waals surface area contributed by atoms with Crippen molar-refractivity contribution < 1.29 is 14.6 Å². The molecule has 1 aromatic heterocycles. The summed E-state index contributed by atoms with van der Waals surface area (Å²) < 4.78 is 14.7. The summed E-state index contributed by atoms with van der Waals surface area (Å²) in [7, 11) is 0. The Morgan fingerprint density at radius 2 is 2.05 bits per heavy atom. The van der Waals surface area contributed by atoms with Gasteiger partial charge in [-0.2, -0.15) is 0 Å². The van der Waals surface area contributed by atoms with Crippen LogP contribution in [0.3, 0.4) is 0 Å². The molecule has 1 fully saturated rings. The van der Waals surface area contributed by atoms with Gasteiger partial charge in [0, 0.05) is 11.8 Å². The molecule has 0 aliphatic carbocycles. The molecular formula is C14H22ClFN2O2. The Morgan fingerprint density at radius 3 is 2.55 bits per heavy atom. The Kier molecular flexibility index (Phi) is 6.82. The lowest BCUT2D eigenvalue weighted by molar-refractivity contribution is 0.0941. The summed E-state index contributed by atoms with van der Waals surface area (Å²) in [5.74, 6) is 0. The number of rotatable bonds is 3. The van der Waals surface area contributed by atoms with Crippen LogP contribution < -0.4 is 5.32 Å². The number of alkyl halides is 1. The van der Waals surface area contributed by atoms with Crippen molar-refractivity contribution in [3.63, 3.8) is 0 Å². The molecule has 4 nitrogen and oxygen atoms in total. The van der Waals surface area contributed by atoms with E-state index < -0.39 is 18.4 Å². The molecule has 0 spiro atoms. The second-order valence-corrected chi connectivity index (χ2v) is 4.92. The third-order valence-corrected chi connectivity index (χ3v) is 3.53. The van der Waals surface area contributed by atoms with Crippen LogP contribution >= 0.6 is 11.6 Å². The van der Waals surface area contributed by atoms with Crippen molar-refractivity contribution in [3.05, 3.63) is 28.5 Å². The molecule has 6 heteroatoms. The molecular weight excluding hydrogens is 283 g/mol. The molecule has 114 valence electrons. The summed E-state index contributed by atoms with van der Waals surface area (Å²) in [6.07, 6.45) is 1.00. The first-order valence-corrected chi connectivity index (χ1v) is 7.29. The summed E-state index contributed by atoms with van der Waals surface area (Å²) in [5.41, 5.74) is -0.895. The normalized spacial score (nSPS) is 18.9. The van der Waals surface area contributed by atoms with Crippen LogP contribution in [0.2, 0.25) is 5.02 Å². The Balaban J connectivity index is 0.000000956. The lowest BCUT2D eigenvalue weighted by Crippen LogP contribution is -2.37. The highest BCUT2D eigenvalue weighted by molar-refractivity contribution is 6.31. The lowest BCUT2D eigenvalue weighted by atomic mass is 9.90. The number of hydrogen-bond donors (Lipinski definition) is 3. The van der Waals surface area contributed by atoms with E-state index in [0.717, 1.165) is 0 Å². The van der Waals surface area contributed by atoms with E-state index in [9.17, 15) is 9.50 Å². The maximum absolute atomic E-state index is 14.7. The number of piperidine rings is 1. The molecule has 0 bridgehead atoms. The molecule has 2 heterocycles. The second-order valence-electron chi connectivity index (χ2n) is 4.51. The minimum absolute atomic E-state index is 0.199. The fraction of sp³-hybridized carbons (Fsp3) is 0.643. The topological polar surface area (TPSA) is 65.4 Å². The van der Waals surface area contributed by atoms with E-state index in [0.29, 0.717) is 31.5 Å². The number of aliphatic hydroxyl groups excluding tert-OH is 2. The van der Waals surface area contributed by atoms with Gasteiger partial charge in [0.05, 0.1) is 17.3 Å². The van der Waals surface area contributed by atoms with Crippen molar-refractivity contribution in [3.8, 4) is 0 Å². The van der Waals surface area contributed by atoms with Crippen molar-refractivity contribution in [1.82, 2.24) is 10.3 Å². The monoisotopic (exact) mass is 304 g/mol. The van der Waals surface area contributed by atoms with Gasteiger partial charge in [0.15, 0.2) is 5.67 Å². The molecule has 20 heavy (non-hydrogen) atoms. The number of nitrogens with one attached hydrogen (secondary N) is 1. The molecule has 0 aromatic carbocycles. The van der Waals surface area contributed by atoms with Gasteiger partial charge in [-0.25, -0.2) is 4.39 Å². The molecule has 0 amide bonds. The SMILES string of the molecule is CC.OC[C@@H](O)c1cnc(C2(F)CCNCC2)c(Cl)c1. The van der Waals surface area contributed by atoms with Gasteiger partial charge in [0.25, 0.3) is 0 Å². The number of aromatic nitrogens is 1. The van der Waals surface area contributed by atoms with Crippen molar-refractivity contribution in [1.29, 1.82) is 0 Å². The first-order chi connectivity index (χ1) is 9.57. The second kappa shape index (κ2) is 7.88. The van der Waals surface area contributed by atoms with E-state index in [-0.39, 0.29) is 10.7 Å². The van der Waals surface area contributed by atoms with E-state index in [1.807, 2.05) is 13.8 Å². The number of hydrogen-bond acceptors (Lipinski definition) is 4. The largest absolute Gasteiger partial charge is 0.393 e. The van der Waals surface area contributed by atoms with Gasteiger partial charge < -0.3 is 15.5 Å². The highest BCUT2D eigenvalue weighted by Crippen LogP contribution is 2.38. The average molecular weight is 305 g/mol. The third-order valence-electron chi connectivity index (χ3n) is 3.24. The minimum Gasteiger partial charge on any atom is -0.393 e. The van der Waals surface area contributed by atoms with E-state index in [1.165, 1.54) is 12.3 Å². The number of pyridine rings is 1. The van der Waals surface area contributed by atoms with Gasteiger partial charge in [-0.05, 0) is 32.0 Å². The standard InChI is InChI=1S/C12H16ClFN2O2.C2H6/c13-9-5-8(10(18)7-17)6-16-11(9)12(14)1-3-15-4-2-12;1-2/h5-6,10,15,17-18H,1-4,7H2;1-2H3/t10-;/m1./s1. The maximum Gasteiger partial charge on any atom is 0.156 e. The van der Waals surface area contributed by atoms with E-state index >= 15 is 0 Å². The summed E-state index contributed by atoms with van der Waals surface area (Å²) in [4.78, 5) is 4.04. The van der Waals surface area contributed by atoms with Crippen LogP contribution in [-0.2, 0) is 5.67 Å². The predicted octanol–water partition coefficient (Wildman–Crippen LogP) is 2.34. The molecule has 3 N–H and O–H groups in total. The zero-order valence-electron chi connectivity index (χ0n) is 11.9.